The van der Waals surface area contributed by atoms with Crippen molar-refractivity contribution in [2.75, 3.05) is 19.6 Å². The third kappa shape index (κ3) is 5.53. The number of rotatable bonds is 6. The van der Waals surface area contributed by atoms with E-state index in [1.54, 1.807) is 0 Å². The minimum absolute atomic E-state index is 0.0383. The molecule has 6 heteroatoms. The molecule has 2 saturated heterocycles. The predicted octanol–water partition coefficient (Wildman–Crippen LogP) is 5.32. The molecule has 2 fully saturated rings. The minimum atomic E-state index is 0.0383. The summed E-state index contributed by atoms with van der Waals surface area (Å²) in [6, 6.07) is 21.5. The highest BCUT2D eigenvalue weighted by Crippen LogP contribution is 2.29. The molecular weight excluding hydrogens is 438 g/mol. The standard InChI is InChI=1S/C29H31N3O3/c1-21-12-14-25(15-13-21)35-27-10-3-9-26(30-27)24-8-4-17-32(20-24)29(34)23-7-2-6-22(18-23)19-31-16-5-11-28(31)33/h2-3,6-7,9-10,12-15,18,24H,4-5,8,11,16-17,19-20H2,1H3/t24-/m0/s1. The number of piperidine rings is 1. The highest BCUT2D eigenvalue weighted by atomic mass is 16.5. The second-order valence-electron chi connectivity index (χ2n) is 9.53. The Kier molecular flexibility index (Phi) is 6.80. The molecule has 3 heterocycles. The topological polar surface area (TPSA) is 62.7 Å². The number of pyridine rings is 1. The third-order valence-electron chi connectivity index (χ3n) is 6.83. The molecule has 0 radical (unpaired) electrons. The van der Waals surface area contributed by atoms with Gasteiger partial charge in [-0.15, -0.1) is 0 Å². The van der Waals surface area contributed by atoms with Crippen LogP contribution in [0.3, 0.4) is 0 Å². The lowest BCUT2D eigenvalue weighted by atomic mass is 9.93. The van der Waals surface area contributed by atoms with Crippen molar-refractivity contribution in [2.45, 2.75) is 45.1 Å². The summed E-state index contributed by atoms with van der Waals surface area (Å²) in [5.74, 6) is 1.73. The number of carbonyl (C=O) groups excluding carboxylic acids is 2. The van der Waals surface area contributed by atoms with Gasteiger partial charge < -0.3 is 14.5 Å². The summed E-state index contributed by atoms with van der Waals surface area (Å²) in [4.78, 5) is 33.9. The molecule has 0 N–H and O–H groups in total. The van der Waals surface area contributed by atoms with Gasteiger partial charge in [0.1, 0.15) is 5.75 Å². The fourth-order valence-corrected chi connectivity index (χ4v) is 4.92. The largest absolute Gasteiger partial charge is 0.439 e. The summed E-state index contributed by atoms with van der Waals surface area (Å²) < 4.78 is 5.96. The molecule has 0 spiro atoms. The third-order valence-corrected chi connectivity index (χ3v) is 6.83. The Morgan fingerprint density at radius 3 is 2.66 bits per heavy atom. The number of nitrogens with zero attached hydrogens (tertiary/aromatic N) is 3. The van der Waals surface area contributed by atoms with E-state index in [4.69, 9.17) is 9.72 Å². The second kappa shape index (κ2) is 10.3. The van der Waals surface area contributed by atoms with Gasteiger partial charge >= 0.3 is 0 Å². The van der Waals surface area contributed by atoms with E-state index in [0.717, 1.165) is 49.4 Å². The average molecular weight is 470 g/mol. The van der Waals surface area contributed by atoms with Crippen molar-refractivity contribution in [1.82, 2.24) is 14.8 Å². The first kappa shape index (κ1) is 23.1. The van der Waals surface area contributed by atoms with Crippen molar-refractivity contribution in [3.8, 4) is 11.6 Å². The second-order valence-corrected chi connectivity index (χ2v) is 9.53. The summed E-state index contributed by atoms with van der Waals surface area (Å²) in [6.07, 6.45) is 3.46. The van der Waals surface area contributed by atoms with Gasteiger partial charge in [-0.25, -0.2) is 4.98 Å². The molecule has 6 nitrogen and oxygen atoms in total. The smallest absolute Gasteiger partial charge is 0.253 e. The maximum atomic E-state index is 13.4. The van der Waals surface area contributed by atoms with Crippen molar-refractivity contribution >= 4 is 11.8 Å². The number of carbonyl (C=O) groups is 2. The molecule has 5 rings (SSSR count). The van der Waals surface area contributed by atoms with Gasteiger partial charge in [0.05, 0.1) is 0 Å². The van der Waals surface area contributed by atoms with Gasteiger partial charge in [0.15, 0.2) is 0 Å². The molecule has 2 aliphatic heterocycles. The van der Waals surface area contributed by atoms with Crippen molar-refractivity contribution in [3.05, 3.63) is 89.1 Å². The fourth-order valence-electron chi connectivity index (χ4n) is 4.92. The fraction of sp³-hybridized carbons (Fsp3) is 0.345. The first-order valence-corrected chi connectivity index (χ1v) is 12.4. The van der Waals surface area contributed by atoms with Crippen LogP contribution in [-0.2, 0) is 11.3 Å². The monoisotopic (exact) mass is 469 g/mol. The van der Waals surface area contributed by atoms with Crippen molar-refractivity contribution < 1.29 is 14.3 Å². The van der Waals surface area contributed by atoms with Crippen LogP contribution in [0.15, 0.2) is 66.7 Å². The molecule has 2 amide bonds. The number of benzene rings is 2. The van der Waals surface area contributed by atoms with E-state index in [9.17, 15) is 9.59 Å². The van der Waals surface area contributed by atoms with Gasteiger partial charge in [-0.3, -0.25) is 9.59 Å². The molecule has 1 atom stereocenters. The molecule has 0 unspecified atom stereocenters. The van der Waals surface area contributed by atoms with Crippen LogP contribution in [0.4, 0.5) is 0 Å². The van der Waals surface area contributed by atoms with Gasteiger partial charge in [0.25, 0.3) is 5.91 Å². The highest BCUT2D eigenvalue weighted by molar-refractivity contribution is 5.94. The number of aromatic nitrogens is 1. The van der Waals surface area contributed by atoms with E-state index in [1.807, 2.05) is 83.5 Å². The summed E-state index contributed by atoms with van der Waals surface area (Å²) in [6.45, 7) is 4.78. The van der Waals surface area contributed by atoms with Crippen molar-refractivity contribution in [1.29, 1.82) is 0 Å². The van der Waals surface area contributed by atoms with Crippen LogP contribution >= 0.6 is 0 Å². The molecule has 0 saturated carbocycles. The van der Waals surface area contributed by atoms with Gasteiger partial charge in [-0.2, -0.15) is 0 Å². The Bertz CT molecular complexity index is 1210. The minimum Gasteiger partial charge on any atom is -0.439 e. The summed E-state index contributed by atoms with van der Waals surface area (Å²) >= 11 is 0. The predicted molar refractivity (Wildman–Crippen MR) is 134 cm³/mol. The summed E-state index contributed by atoms with van der Waals surface area (Å²) in [5.41, 5.74) is 3.82. The van der Waals surface area contributed by atoms with E-state index in [0.29, 0.717) is 31.0 Å². The number of ether oxygens (including phenoxy) is 1. The maximum Gasteiger partial charge on any atom is 0.253 e. The Morgan fingerprint density at radius 2 is 1.86 bits per heavy atom. The highest BCUT2D eigenvalue weighted by Gasteiger charge is 2.27. The van der Waals surface area contributed by atoms with Crippen LogP contribution in [-0.4, -0.2) is 46.2 Å². The SMILES string of the molecule is Cc1ccc(Oc2cccc([C@H]3CCCN(C(=O)c4cccc(CN5CCCC5=O)c4)C3)n2)cc1. The van der Waals surface area contributed by atoms with Crippen LogP contribution < -0.4 is 4.74 Å². The van der Waals surface area contributed by atoms with E-state index in [-0.39, 0.29) is 17.7 Å². The van der Waals surface area contributed by atoms with E-state index >= 15 is 0 Å². The maximum absolute atomic E-state index is 13.4. The number of hydrogen-bond donors (Lipinski definition) is 0. The Morgan fingerprint density at radius 1 is 1.03 bits per heavy atom. The van der Waals surface area contributed by atoms with Gasteiger partial charge in [-0.1, -0.05) is 35.9 Å². The molecule has 2 aromatic carbocycles. The van der Waals surface area contributed by atoms with Gasteiger partial charge in [0, 0.05) is 55.8 Å². The van der Waals surface area contributed by atoms with Crippen LogP contribution in [0.1, 0.15) is 58.8 Å². The molecule has 0 aliphatic carbocycles. The lowest BCUT2D eigenvalue weighted by Gasteiger charge is -2.32. The number of amides is 2. The Hall–Kier alpha value is -3.67. The van der Waals surface area contributed by atoms with Gasteiger partial charge in [-0.05, 0) is 62.1 Å². The quantitative estimate of drug-likeness (QED) is 0.490. The summed E-state index contributed by atoms with van der Waals surface area (Å²) in [5, 5.41) is 0. The lowest BCUT2D eigenvalue weighted by molar-refractivity contribution is -0.128. The average Bonchev–Trinajstić information content (AvgIpc) is 3.29. The van der Waals surface area contributed by atoms with E-state index < -0.39 is 0 Å². The van der Waals surface area contributed by atoms with Crippen LogP contribution in [0.2, 0.25) is 0 Å². The number of likely N-dealkylation sites (tertiary alicyclic amines) is 2. The van der Waals surface area contributed by atoms with Crippen molar-refractivity contribution in [3.63, 3.8) is 0 Å². The zero-order chi connectivity index (χ0) is 24.2. The van der Waals surface area contributed by atoms with E-state index in [1.165, 1.54) is 5.56 Å². The zero-order valence-electron chi connectivity index (χ0n) is 20.2. The first-order chi connectivity index (χ1) is 17.0. The Balaban J connectivity index is 1.26. The van der Waals surface area contributed by atoms with Gasteiger partial charge in [0.2, 0.25) is 11.8 Å². The lowest BCUT2D eigenvalue weighted by Crippen LogP contribution is -2.39. The molecule has 35 heavy (non-hydrogen) atoms. The molecular formula is C29H31N3O3. The Labute approximate surface area is 206 Å². The van der Waals surface area contributed by atoms with Crippen molar-refractivity contribution in [2.24, 2.45) is 0 Å². The molecule has 0 bridgehead atoms. The number of aryl methyl sites for hydroxylation is 1. The summed E-state index contributed by atoms with van der Waals surface area (Å²) in [7, 11) is 0. The normalized spacial score (nSPS) is 18.1. The molecule has 2 aliphatic rings. The first-order valence-electron chi connectivity index (χ1n) is 12.4. The van der Waals surface area contributed by atoms with Crippen LogP contribution in [0, 0.1) is 6.92 Å². The molecule has 3 aromatic rings. The van der Waals surface area contributed by atoms with Crippen LogP contribution in [0.5, 0.6) is 11.6 Å². The zero-order valence-corrected chi connectivity index (χ0v) is 20.2. The van der Waals surface area contributed by atoms with E-state index in [2.05, 4.69) is 0 Å². The number of hydrogen-bond acceptors (Lipinski definition) is 4. The molecule has 180 valence electrons. The van der Waals surface area contributed by atoms with Crippen LogP contribution in [0.25, 0.3) is 0 Å². The molecule has 1 aromatic heterocycles.